The lowest BCUT2D eigenvalue weighted by Crippen LogP contribution is -2.40. The van der Waals surface area contributed by atoms with Crippen LogP contribution in [0.4, 0.5) is 10.5 Å². The van der Waals surface area contributed by atoms with Crippen LogP contribution in [0.5, 0.6) is 0 Å². The van der Waals surface area contributed by atoms with Crippen LogP contribution in [-0.2, 0) is 9.53 Å². The summed E-state index contributed by atoms with van der Waals surface area (Å²) in [7, 11) is 3.90. The topological polar surface area (TPSA) is 140 Å². The fourth-order valence-electron chi connectivity index (χ4n) is 8.40. The summed E-state index contributed by atoms with van der Waals surface area (Å²) < 4.78 is 5.43. The number of likely N-dealkylation sites (tertiary alicyclic amines) is 2. The van der Waals surface area contributed by atoms with Crippen molar-refractivity contribution in [1.29, 1.82) is 0 Å². The van der Waals surface area contributed by atoms with Crippen LogP contribution in [-0.4, -0.2) is 85.3 Å². The molecule has 0 aliphatic carbocycles. The molecule has 2 fully saturated rings. The van der Waals surface area contributed by atoms with Crippen molar-refractivity contribution in [3.05, 3.63) is 138 Å². The van der Waals surface area contributed by atoms with E-state index in [1.165, 1.54) is 0 Å². The molecule has 308 valence electrons. The van der Waals surface area contributed by atoms with E-state index in [4.69, 9.17) is 14.7 Å². The van der Waals surface area contributed by atoms with Gasteiger partial charge in [-0.05, 0) is 100 Å². The van der Waals surface area contributed by atoms with E-state index in [0.29, 0.717) is 24.3 Å². The van der Waals surface area contributed by atoms with Gasteiger partial charge in [-0.15, -0.1) is 0 Å². The maximum absolute atomic E-state index is 13.9. The first-order valence-corrected chi connectivity index (χ1v) is 20.7. The number of carbonyl (C=O) groups excluding carboxylic acids is 3. The smallest absolute Gasteiger partial charge is 0.412 e. The van der Waals surface area contributed by atoms with Crippen molar-refractivity contribution in [3.8, 4) is 33.6 Å². The first-order chi connectivity index (χ1) is 28.9. The second-order valence-corrected chi connectivity index (χ2v) is 16.8. The summed E-state index contributed by atoms with van der Waals surface area (Å²) in [6.07, 6.45) is 6.50. The molecule has 12 nitrogen and oxygen atoms in total. The Morgan fingerprint density at radius 1 is 0.700 bits per heavy atom. The van der Waals surface area contributed by atoms with Crippen LogP contribution in [0.15, 0.2) is 116 Å². The molecular weight excluding hydrogens is 753 g/mol. The molecule has 4 aromatic carbocycles. The third-order valence-corrected chi connectivity index (χ3v) is 11.3. The van der Waals surface area contributed by atoms with Gasteiger partial charge in [-0.25, -0.2) is 14.8 Å². The maximum Gasteiger partial charge on any atom is 0.412 e. The highest BCUT2D eigenvalue weighted by Gasteiger charge is 2.37. The molecule has 3 N–H and O–H groups in total. The number of carbonyl (C=O) groups is 3. The average molecular weight is 805 g/mol. The van der Waals surface area contributed by atoms with Gasteiger partial charge in [0.2, 0.25) is 5.91 Å². The van der Waals surface area contributed by atoms with Gasteiger partial charge in [-0.3, -0.25) is 19.8 Å². The zero-order chi connectivity index (χ0) is 42.0. The molecule has 2 aliphatic rings. The Kier molecular flexibility index (Phi) is 11.4. The summed E-state index contributed by atoms with van der Waals surface area (Å²) in [4.78, 5) is 62.7. The van der Waals surface area contributed by atoms with Gasteiger partial charge in [0.15, 0.2) is 0 Å². The Morgan fingerprint density at radius 2 is 1.20 bits per heavy atom. The van der Waals surface area contributed by atoms with E-state index in [2.05, 4.69) is 63.8 Å². The van der Waals surface area contributed by atoms with Crippen molar-refractivity contribution in [2.45, 2.75) is 70.2 Å². The number of imidazole rings is 2. The number of H-pyrrole nitrogens is 2. The van der Waals surface area contributed by atoms with E-state index >= 15 is 0 Å². The van der Waals surface area contributed by atoms with Crippen LogP contribution in [0.1, 0.15) is 92.2 Å². The number of aromatic amines is 2. The molecule has 0 spiro atoms. The molecule has 3 atom stereocenters. The largest absolute Gasteiger partial charge is 0.444 e. The van der Waals surface area contributed by atoms with Gasteiger partial charge < -0.3 is 24.5 Å². The van der Waals surface area contributed by atoms with Crippen LogP contribution < -0.4 is 5.32 Å². The lowest BCUT2D eigenvalue weighted by Gasteiger charge is -2.31. The van der Waals surface area contributed by atoms with E-state index in [0.717, 1.165) is 76.5 Å². The van der Waals surface area contributed by atoms with E-state index in [1.807, 2.05) is 71.5 Å². The predicted molar refractivity (Wildman–Crippen MR) is 233 cm³/mol. The molecule has 4 heterocycles. The van der Waals surface area contributed by atoms with Gasteiger partial charge in [-0.1, -0.05) is 91.0 Å². The third-order valence-electron chi connectivity index (χ3n) is 11.3. The predicted octanol–water partition coefficient (Wildman–Crippen LogP) is 9.42. The Balaban J connectivity index is 0.918. The number of para-hydroxylation sites is 1. The summed E-state index contributed by atoms with van der Waals surface area (Å²) in [6.45, 7) is 6.68. The summed E-state index contributed by atoms with van der Waals surface area (Å²) in [5, 5.41) is 2.75. The summed E-state index contributed by atoms with van der Waals surface area (Å²) in [6, 6.07) is 33.0. The van der Waals surface area contributed by atoms with Gasteiger partial charge in [0.05, 0.1) is 47.1 Å². The van der Waals surface area contributed by atoms with Crippen molar-refractivity contribution in [1.82, 2.24) is 34.6 Å². The van der Waals surface area contributed by atoms with Gasteiger partial charge >= 0.3 is 6.09 Å². The van der Waals surface area contributed by atoms with Crippen LogP contribution in [0, 0.1) is 0 Å². The number of rotatable bonds is 10. The standard InChI is InChI=1S/C48H52N8O4/c1-48(2,3)60-47(59)53-37-16-10-9-15-36(37)45(57)55-27-11-17-40(55)43-49-29-38(51-43)33-23-19-31(20-24-33)32-21-25-34(26-22-32)39-30-50-44(52-39)41-18-12-28-56(41)46(58)42(54(4)5)35-13-7-6-8-14-35/h6-10,13-16,19-26,29-30,40-42H,11-12,17-18,27-28H2,1-5H3,(H,49,51)(H,50,52)(H,53,59)/t40-,41-,42+/m0/s1. The zero-order valence-corrected chi connectivity index (χ0v) is 34.8. The molecule has 2 aromatic heterocycles. The monoisotopic (exact) mass is 804 g/mol. The minimum atomic E-state index is -0.664. The van der Waals surface area contributed by atoms with E-state index in [9.17, 15) is 14.4 Å². The molecular formula is C48H52N8O4. The molecule has 12 heteroatoms. The molecule has 60 heavy (non-hydrogen) atoms. The van der Waals surface area contributed by atoms with Crippen molar-refractivity contribution in [2.24, 2.45) is 0 Å². The highest BCUT2D eigenvalue weighted by atomic mass is 16.6. The number of hydrogen-bond donors (Lipinski definition) is 3. The first kappa shape index (κ1) is 40.3. The van der Waals surface area contributed by atoms with E-state index < -0.39 is 11.7 Å². The van der Waals surface area contributed by atoms with Crippen LogP contribution in [0.2, 0.25) is 0 Å². The molecule has 0 saturated carbocycles. The first-order valence-electron chi connectivity index (χ1n) is 20.7. The highest BCUT2D eigenvalue weighted by Crippen LogP contribution is 2.37. The number of nitrogens with zero attached hydrogens (tertiary/aromatic N) is 5. The van der Waals surface area contributed by atoms with Crippen LogP contribution in [0.3, 0.4) is 0 Å². The minimum Gasteiger partial charge on any atom is -0.444 e. The number of ether oxygens (including phenoxy) is 1. The Bertz CT molecular complexity index is 2450. The molecule has 0 unspecified atom stereocenters. The Hall–Kier alpha value is -6.53. The summed E-state index contributed by atoms with van der Waals surface area (Å²) in [5.74, 6) is 1.47. The number of benzene rings is 4. The molecule has 3 amide bonds. The molecule has 2 saturated heterocycles. The Labute approximate surface area is 351 Å². The number of hydrogen-bond acceptors (Lipinski definition) is 7. The fourth-order valence-corrected chi connectivity index (χ4v) is 8.40. The van der Waals surface area contributed by atoms with Crippen molar-refractivity contribution >= 4 is 23.6 Å². The number of amides is 3. The van der Waals surface area contributed by atoms with Gasteiger partial charge in [0.1, 0.15) is 23.3 Å². The second kappa shape index (κ2) is 17.0. The minimum absolute atomic E-state index is 0.0941. The molecule has 0 radical (unpaired) electrons. The lowest BCUT2D eigenvalue weighted by molar-refractivity contribution is -0.137. The van der Waals surface area contributed by atoms with E-state index in [-0.39, 0.29) is 29.9 Å². The average Bonchev–Trinajstić information content (AvgIpc) is 4.08. The highest BCUT2D eigenvalue weighted by molar-refractivity contribution is 6.03. The normalized spacial score (nSPS) is 17.2. The number of aromatic nitrogens is 4. The van der Waals surface area contributed by atoms with Crippen molar-refractivity contribution < 1.29 is 19.1 Å². The van der Waals surface area contributed by atoms with Crippen molar-refractivity contribution in [3.63, 3.8) is 0 Å². The number of nitrogens with one attached hydrogen (secondary N) is 3. The zero-order valence-electron chi connectivity index (χ0n) is 34.8. The van der Waals surface area contributed by atoms with Crippen molar-refractivity contribution in [2.75, 3.05) is 32.5 Å². The second-order valence-electron chi connectivity index (χ2n) is 16.8. The quantitative estimate of drug-likeness (QED) is 0.125. The molecule has 6 aromatic rings. The maximum atomic E-state index is 13.9. The molecule has 0 bridgehead atoms. The summed E-state index contributed by atoms with van der Waals surface area (Å²) in [5.41, 5.74) is 7.09. The van der Waals surface area contributed by atoms with Crippen LogP contribution >= 0.6 is 0 Å². The fraction of sp³-hybridized carbons (Fsp3) is 0.312. The Morgan fingerprint density at radius 3 is 1.75 bits per heavy atom. The van der Waals surface area contributed by atoms with E-state index in [1.54, 1.807) is 45.0 Å². The number of likely N-dealkylation sites (N-methyl/N-ethyl adjacent to an activating group) is 1. The lowest BCUT2D eigenvalue weighted by atomic mass is 10.0. The van der Waals surface area contributed by atoms with Crippen LogP contribution in [0.25, 0.3) is 33.6 Å². The van der Waals surface area contributed by atoms with Gasteiger partial charge in [0, 0.05) is 13.1 Å². The molecule has 2 aliphatic heterocycles. The summed E-state index contributed by atoms with van der Waals surface area (Å²) >= 11 is 0. The molecule has 8 rings (SSSR count). The third kappa shape index (κ3) is 8.60. The van der Waals surface area contributed by atoms with Gasteiger partial charge in [0.25, 0.3) is 5.91 Å². The SMILES string of the molecule is CN(C)[C@@H](C(=O)N1CCC[C@H]1c1ncc(-c2ccc(-c3ccc(-c4cnc([C@@H]5CCCN5C(=O)c5ccccc5NC(=O)OC(C)(C)C)[nH]4)cc3)cc2)[nH]1)c1ccccc1. The number of anilines is 1. The van der Waals surface area contributed by atoms with Gasteiger partial charge in [-0.2, -0.15) is 0 Å².